The number of methoxy groups -OCH3 is 2. The van der Waals surface area contributed by atoms with Gasteiger partial charge in [0, 0.05) is 95.0 Å². The fourth-order valence-corrected chi connectivity index (χ4v) is 8.20. The smallest absolute Gasteiger partial charge is 0.416 e. The molecule has 1 unspecified atom stereocenters. The highest BCUT2D eigenvalue weighted by Crippen LogP contribution is 2.44. The van der Waals surface area contributed by atoms with E-state index in [0.717, 1.165) is 55.5 Å². The monoisotopic (exact) mass is 654 g/mol. The van der Waals surface area contributed by atoms with Gasteiger partial charge in [0.15, 0.2) is 0 Å². The molecule has 4 fully saturated rings. The molecule has 8 nitrogen and oxygen atoms in total. The lowest BCUT2D eigenvalue weighted by molar-refractivity contribution is -0.137. The third kappa shape index (κ3) is 7.25. The summed E-state index contributed by atoms with van der Waals surface area (Å²) in [7, 11) is 3.27. The summed E-state index contributed by atoms with van der Waals surface area (Å²) in [6.07, 6.45) is -1.36. The second-order valence-corrected chi connectivity index (χ2v) is 13.5. The first kappa shape index (κ1) is 33.6. The number of halogens is 3. The molecule has 254 valence electrons. The Balaban J connectivity index is 1.29. The standard InChI is InChI=1S/C36H45F3N4O4/c1-45-23-26-19-43(21-32(26)30-8-5-27(36(37,38)39)17-34(30)41-13-9-24(18-40)10-14-41)35(44)33-22-42(28-11-15-47-16-12-28)20-31(33)25-3-6-29(46-2)7-4-25/h3-8,17,24,26,28,31-33H,9-16,19-23H2,1-2H3/t26-,31+,32+,33?/m1/s1. The van der Waals surface area contributed by atoms with Crippen LogP contribution in [0.15, 0.2) is 42.5 Å². The number of carbonyl (C=O) groups is 1. The topological polar surface area (TPSA) is 78.3 Å². The van der Waals surface area contributed by atoms with E-state index in [0.29, 0.717) is 63.9 Å². The van der Waals surface area contributed by atoms with Crippen LogP contribution in [0.1, 0.15) is 54.2 Å². The van der Waals surface area contributed by atoms with Crippen LogP contribution in [0, 0.1) is 29.1 Å². The van der Waals surface area contributed by atoms with Crippen LogP contribution in [0.4, 0.5) is 18.9 Å². The molecule has 6 rings (SSSR count). The van der Waals surface area contributed by atoms with E-state index in [2.05, 4.69) is 23.1 Å². The van der Waals surface area contributed by atoms with Gasteiger partial charge in [-0.2, -0.15) is 18.4 Å². The molecule has 1 amide bonds. The summed E-state index contributed by atoms with van der Waals surface area (Å²) in [5.74, 6) is 0.287. The van der Waals surface area contributed by atoms with E-state index >= 15 is 0 Å². The van der Waals surface area contributed by atoms with Crippen molar-refractivity contribution in [2.75, 3.05) is 78.2 Å². The van der Waals surface area contributed by atoms with Gasteiger partial charge in [-0.05, 0) is 61.1 Å². The normalized spacial score (nSPS) is 26.5. The summed E-state index contributed by atoms with van der Waals surface area (Å²) in [4.78, 5) is 21.0. The van der Waals surface area contributed by atoms with Gasteiger partial charge in [-0.15, -0.1) is 0 Å². The SMILES string of the molecule is COC[C@H]1CN(C(=O)C2CN(C3CCOCC3)C[C@H]2c2ccc(OC)cc2)C[C@@H]1c1ccc(C(F)(F)F)cc1N1CCC(C#N)CC1. The molecule has 2 aromatic carbocycles. The van der Waals surface area contributed by atoms with Crippen LogP contribution in [0.5, 0.6) is 5.75 Å². The second kappa shape index (κ2) is 14.4. The molecule has 11 heteroatoms. The number of alkyl halides is 3. The number of carbonyl (C=O) groups excluding carboxylic acids is 1. The van der Waals surface area contributed by atoms with E-state index in [9.17, 15) is 23.2 Å². The van der Waals surface area contributed by atoms with Gasteiger partial charge in [0.25, 0.3) is 0 Å². The summed E-state index contributed by atoms with van der Waals surface area (Å²) in [6, 6.07) is 14.7. The molecule has 4 aliphatic heterocycles. The Labute approximate surface area is 275 Å². The Kier molecular flexibility index (Phi) is 10.3. The Morgan fingerprint density at radius 3 is 2.32 bits per heavy atom. The largest absolute Gasteiger partial charge is 0.497 e. The zero-order valence-corrected chi connectivity index (χ0v) is 27.3. The number of benzene rings is 2. The number of nitrogens with zero attached hydrogens (tertiary/aromatic N) is 4. The lowest BCUT2D eigenvalue weighted by Gasteiger charge is -2.35. The molecule has 0 radical (unpaired) electrons. The van der Waals surface area contributed by atoms with E-state index in [4.69, 9.17) is 14.2 Å². The van der Waals surface area contributed by atoms with Crippen molar-refractivity contribution in [3.05, 3.63) is 59.2 Å². The highest BCUT2D eigenvalue weighted by atomic mass is 19.4. The molecule has 47 heavy (non-hydrogen) atoms. The van der Waals surface area contributed by atoms with Crippen molar-refractivity contribution in [1.29, 1.82) is 5.26 Å². The average molecular weight is 655 g/mol. The number of rotatable bonds is 8. The van der Waals surface area contributed by atoms with E-state index in [1.807, 2.05) is 21.9 Å². The minimum absolute atomic E-state index is 0.0132. The number of likely N-dealkylation sites (tertiary alicyclic amines) is 2. The zero-order valence-electron chi connectivity index (χ0n) is 27.3. The number of hydrogen-bond acceptors (Lipinski definition) is 7. The van der Waals surface area contributed by atoms with Crippen molar-refractivity contribution >= 4 is 11.6 Å². The van der Waals surface area contributed by atoms with Crippen molar-refractivity contribution in [3.8, 4) is 11.8 Å². The molecular formula is C36H45F3N4O4. The second-order valence-electron chi connectivity index (χ2n) is 13.5. The molecule has 4 heterocycles. The van der Waals surface area contributed by atoms with Gasteiger partial charge in [0.1, 0.15) is 5.75 Å². The van der Waals surface area contributed by atoms with Crippen LogP contribution in [-0.4, -0.2) is 95.1 Å². The zero-order chi connectivity index (χ0) is 33.1. The fraction of sp³-hybridized carbons (Fsp3) is 0.611. The van der Waals surface area contributed by atoms with Gasteiger partial charge in [-0.1, -0.05) is 18.2 Å². The third-order valence-corrected chi connectivity index (χ3v) is 10.8. The molecule has 0 spiro atoms. The molecule has 4 atom stereocenters. The molecule has 4 aliphatic rings. The summed E-state index contributed by atoms with van der Waals surface area (Å²) in [5.41, 5.74) is 1.79. The first-order chi connectivity index (χ1) is 22.7. The summed E-state index contributed by atoms with van der Waals surface area (Å²) in [6.45, 7) is 5.23. The molecule has 0 aromatic heterocycles. The van der Waals surface area contributed by atoms with Gasteiger partial charge < -0.3 is 24.0 Å². The lowest BCUT2D eigenvalue weighted by Crippen LogP contribution is -2.40. The molecule has 4 saturated heterocycles. The molecule has 0 aliphatic carbocycles. The maximum absolute atomic E-state index is 14.6. The van der Waals surface area contributed by atoms with Gasteiger partial charge in [-0.25, -0.2) is 0 Å². The first-order valence-corrected chi connectivity index (χ1v) is 16.8. The minimum atomic E-state index is -4.48. The number of anilines is 1. The van der Waals surface area contributed by atoms with E-state index in [1.54, 1.807) is 20.3 Å². The summed E-state index contributed by atoms with van der Waals surface area (Å²) < 4.78 is 58.4. The number of piperidine rings is 1. The van der Waals surface area contributed by atoms with Crippen LogP contribution in [0.3, 0.4) is 0 Å². The predicted molar refractivity (Wildman–Crippen MR) is 171 cm³/mol. The number of ether oxygens (including phenoxy) is 3. The third-order valence-electron chi connectivity index (χ3n) is 10.8. The van der Waals surface area contributed by atoms with Crippen molar-refractivity contribution < 1.29 is 32.2 Å². The van der Waals surface area contributed by atoms with E-state index in [-0.39, 0.29) is 35.5 Å². The fourth-order valence-electron chi connectivity index (χ4n) is 8.20. The Hall–Kier alpha value is -3.33. The van der Waals surface area contributed by atoms with Gasteiger partial charge in [-0.3, -0.25) is 9.69 Å². The van der Waals surface area contributed by atoms with Crippen molar-refractivity contribution in [3.63, 3.8) is 0 Å². The quantitative estimate of drug-likeness (QED) is 0.370. The van der Waals surface area contributed by atoms with Crippen LogP contribution < -0.4 is 9.64 Å². The van der Waals surface area contributed by atoms with Crippen molar-refractivity contribution in [1.82, 2.24) is 9.80 Å². The van der Waals surface area contributed by atoms with Gasteiger partial charge in [0.2, 0.25) is 5.91 Å². The van der Waals surface area contributed by atoms with Crippen LogP contribution >= 0.6 is 0 Å². The van der Waals surface area contributed by atoms with Crippen molar-refractivity contribution in [2.45, 2.75) is 49.7 Å². The Bertz CT molecular complexity index is 1420. The highest BCUT2D eigenvalue weighted by Gasteiger charge is 2.46. The van der Waals surface area contributed by atoms with Crippen LogP contribution in [0.25, 0.3) is 0 Å². The van der Waals surface area contributed by atoms with Crippen LogP contribution in [0.2, 0.25) is 0 Å². The predicted octanol–water partition coefficient (Wildman–Crippen LogP) is 5.54. The summed E-state index contributed by atoms with van der Waals surface area (Å²) in [5, 5.41) is 9.41. The number of amides is 1. The molecule has 0 bridgehead atoms. The van der Waals surface area contributed by atoms with E-state index < -0.39 is 11.7 Å². The van der Waals surface area contributed by atoms with E-state index in [1.165, 1.54) is 6.07 Å². The highest BCUT2D eigenvalue weighted by molar-refractivity contribution is 5.81. The number of nitriles is 1. The summed E-state index contributed by atoms with van der Waals surface area (Å²) >= 11 is 0. The molecule has 2 aromatic rings. The molecular weight excluding hydrogens is 609 g/mol. The first-order valence-electron chi connectivity index (χ1n) is 16.8. The lowest BCUT2D eigenvalue weighted by atomic mass is 9.86. The van der Waals surface area contributed by atoms with Crippen molar-refractivity contribution in [2.24, 2.45) is 17.8 Å². The van der Waals surface area contributed by atoms with Gasteiger partial charge >= 0.3 is 6.18 Å². The average Bonchev–Trinajstić information content (AvgIpc) is 3.73. The minimum Gasteiger partial charge on any atom is -0.497 e. The maximum atomic E-state index is 14.6. The van der Waals surface area contributed by atoms with Gasteiger partial charge in [0.05, 0.1) is 31.3 Å². The molecule has 0 N–H and O–H groups in total. The number of hydrogen-bond donors (Lipinski definition) is 0. The molecule has 0 saturated carbocycles. The maximum Gasteiger partial charge on any atom is 0.416 e. The Morgan fingerprint density at radius 1 is 0.957 bits per heavy atom. The van der Waals surface area contributed by atoms with Crippen LogP contribution in [-0.2, 0) is 20.4 Å². The Morgan fingerprint density at radius 2 is 1.68 bits per heavy atom.